The molecule has 1 aromatic carbocycles. The zero-order valence-corrected chi connectivity index (χ0v) is 13.7. The number of benzene rings is 1. The van der Waals surface area contributed by atoms with E-state index < -0.39 is 0 Å². The highest BCUT2D eigenvalue weighted by Gasteiger charge is 2.26. The third-order valence-electron chi connectivity index (χ3n) is 5.27. The lowest BCUT2D eigenvalue weighted by Crippen LogP contribution is -2.01. The van der Waals surface area contributed by atoms with Crippen molar-refractivity contribution >= 4 is 12.2 Å². The van der Waals surface area contributed by atoms with Crippen LogP contribution < -0.4 is 0 Å². The Morgan fingerprint density at radius 2 is 1.05 bits per heavy atom. The van der Waals surface area contributed by atoms with Gasteiger partial charge in [0.25, 0.3) is 0 Å². The fraction of sp³-hybridized carbons (Fsp3) is 0.500. The van der Waals surface area contributed by atoms with E-state index in [0.29, 0.717) is 11.8 Å². The van der Waals surface area contributed by atoms with Gasteiger partial charge in [0.1, 0.15) is 0 Å². The first-order chi connectivity index (χ1) is 9.40. The molecule has 1 aromatic rings. The van der Waals surface area contributed by atoms with Crippen molar-refractivity contribution in [3.63, 3.8) is 0 Å². The van der Waals surface area contributed by atoms with Crippen LogP contribution in [0, 0.1) is 25.7 Å². The Bertz CT molecular complexity index is 579. The average molecular weight is 266 g/mol. The van der Waals surface area contributed by atoms with Crippen LogP contribution in [0.25, 0.3) is 12.2 Å². The molecule has 0 atom stereocenters. The van der Waals surface area contributed by atoms with Gasteiger partial charge in [0.05, 0.1) is 0 Å². The Labute approximate surface area is 123 Å². The molecule has 0 saturated heterocycles. The fourth-order valence-corrected chi connectivity index (χ4v) is 3.65. The molecular formula is C20H26. The van der Waals surface area contributed by atoms with E-state index in [4.69, 9.17) is 0 Å². The molecule has 0 aliphatic heterocycles. The molecule has 2 aliphatic carbocycles. The maximum atomic E-state index is 2.47. The number of fused-ring (bicyclic) bond motifs is 2. The first kappa shape index (κ1) is 13.7. The van der Waals surface area contributed by atoms with Crippen molar-refractivity contribution in [1.29, 1.82) is 0 Å². The van der Waals surface area contributed by atoms with Crippen molar-refractivity contribution < 1.29 is 0 Å². The number of hydrogen-bond acceptors (Lipinski definition) is 0. The zero-order valence-electron chi connectivity index (χ0n) is 13.7. The minimum absolute atomic E-state index is 0.665. The summed E-state index contributed by atoms with van der Waals surface area (Å²) in [4.78, 5) is 0. The maximum absolute atomic E-state index is 2.47. The van der Waals surface area contributed by atoms with Gasteiger partial charge in [-0.1, -0.05) is 51.0 Å². The molecule has 0 nitrogen and oxygen atoms in total. The van der Waals surface area contributed by atoms with Crippen molar-refractivity contribution in [2.45, 2.75) is 54.4 Å². The lowest BCUT2D eigenvalue weighted by molar-refractivity contribution is 0.752. The van der Waals surface area contributed by atoms with Crippen LogP contribution in [0.15, 0.2) is 11.1 Å². The van der Waals surface area contributed by atoms with Crippen LogP contribution in [0.1, 0.15) is 61.1 Å². The van der Waals surface area contributed by atoms with Crippen LogP contribution in [0.5, 0.6) is 0 Å². The lowest BCUT2D eigenvalue weighted by Gasteiger charge is -2.15. The molecule has 0 amide bonds. The summed E-state index contributed by atoms with van der Waals surface area (Å²) in [6, 6.07) is 0. The highest BCUT2D eigenvalue weighted by molar-refractivity contribution is 5.78. The van der Waals surface area contributed by atoms with Crippen LogP contribution in [0.3, 0.4) is 0 Å². The van der Waals surface area contributed by atoms with Crippen LogP contribution in [0.4, 0.5) is 0 Å². The monoisotopic (exact) mass is 266 g/mol. The third kappa shape index (κ3) is 1.89. The van der Waals surface area contributed by atoms with Crippen LogP contribution in [-0.4, -0.2) is 0 Å². The van der Waals surface area contributed by atoms with Crippen molar-refractivity contribution in [2.75, 3.05) is 0 Å². The minimum Gasteiger partial charge on any atom is -0.0626 e. The summed E-state index contributed by atoms with van der Waals surface area (Å²) in [5, 5.41) is 0. The Kier molecular flexibility index (Phi) is 3.16. The van der Waals surface area contributed by atoms with Gasteiger partial charge < -0.3 is 0 Å². The Balaban J connectivity index is 2.13. The van der Waals surface area contributed by atoms with E-state index in [0.717, 1.165) is 12.8 Å². The van der Waals surface area contributed by atoms with Crippen molar-refractivity contribution in [1.82, 2.24) is 0 Å². The normalized spacial score (nSPS) is 16.6. The van der Waals surface area contributed by atoms with E-state index in [2.05, 4.69) is 53.7 Å². The van der Waals surface area contributed by atoms with Gasteiger partial charge in [-0.15, -0.1) is 0 Å². The van der Waals surface area contributed by atoms with Crippen LogP contribution in [0.2, 0.25) is 0 Å². The predicted molar refractivity (Wildman–Crippen MR) is 89.0 cm³/mol. The van der Waals surface area contributed by atoms with E-state index in [1.54, 1.807) is 22.3 Å². The quantitative estimate of drug-likeness (QED) is 0.663. The standard InChI is InChI=1S/C20H26/c1-11(2)15-7-17-13(5)19-9-16(12(3)4)10-20(19)14(6)18(17)8-15/h7,10-12H,8-9H2,1-6H3. The highest BCUT2D eigenvalue weighted by atomic mass is 14.3. The number of hydrogen-bond donors (Lipinski definition) is 0. The molecule has 0 aromatic heterocycles. The topological polar surface area (TPSA) is 0 Å². The first-order valence-electron chi connectivity index (χ1n) is 7.96. The van der Waals surface area contributed by atoms with Gasteiger partial charge in [0.2, 0.25) is 0 Å². The van der Waals surface area contributed by atoms with Crippen LogP contribution >= 0.6 is 0 Å². The summed E-state index contributed by atoms with van der Waals surface area (Å²) >= 11 is 0. The molecule has 0 heterocycles. The summed E-state index contributed by atoms with van der Waals surface area (Å²) in [6.07, 6.45) is 7.27. The predicted octanol–water partition coefficient (Wildman–Crippen LogP) is 5.49. The van der Waals surface area contributed by atoms with Crippen molar-refractivity contribution in [3.05, 3.63) is 44.5 Å². The molecule has 0 fully saturated rings. The molecule has 0 N–H and O–H groups in total. The SMILES string of the molecule is Cc1c2c(c(C)c3c1CC(C(C)C)=C3)CC(C(C)C)=C2. The third-order valence-corrected chi connectivity index (χ3v) is 5.27. The van der Waals surface area contributed by atoms with E-state index >= 15 is 0 Å². The smallest absolute Gasteiger partial charge is 0.00523 e. The molecule has 3 rings (SSSR count). The van der Waals surface area contributed by atoms with Crippen molar-refractivity contribution in [2.24, 2.45) is 11.8 Å². The van der Waals surface area contributed by atoms with E-state index in [9.17, 15) is 0 Å². The van der Waals surface area contributed by atoms with Crippen molar-refractivity contribution in [3.8, 4) is 0 Å². The summed E-state index contributed by atoms with van der Waals surface area (Å²) in [5.74, 6) is 1.33. The van der Waals surface area contributed by atoms with E-state index in [1.807, 2.05) is 0 Å². The molecule has 20 heavy (non-hydrogen) atoms. The van der Waals surface area contributed by atoms with Gasteiger partial charge in [-0.2, -0.15) is 0 Å². The molecule has 0 unspecified atom stereocenters. The number of allylic oxidation sites excluding steroid dienone is 2. The van der Waals surface area contributed by atoms with E-state index in [-0.39, 0.29) is 0 Å². The minimum atomic E-state index is 0.665. The summed E-state index contributed by atoms with van der Waals surface area (Å²) in [6.45, 7) is 13.9. The second kappa shape index (κ2) is 4.62. The molecule has 0 spiro atoms. The van der Waals surface area contributed by atoms with Crippen LogP contribution in [-0.2, 0) is 12.8 Å². The Hall–Kier alpha value is -1.30. The molecule has 0 bridgehead atoms. The first-order valence-corrected chi connectivity index (χ1v) is 7.96. The van der Waals surface area contributed by atoms with Gasteiger partial charge in [0, 0.05) is 0 Å². The maximum Gasteiger partial charge on any atom is -0.00523 e. The summed E-state index contributed by atoms with van der Waals surface area (Å²) < 4.78 is 0. The van der Waals surface area contributed by atoms with Gasteiger partial charge in [0.15, 0.2) is 0 Å². The van der Waals surface area contributed by atoms with Gasteiger partial charge in [-0.3, -0.25) is 0 Å². The van der Waals surface area contributed by atoms with E-state index in [1.165, 1.54) is 22.3 Å². The molecule has 0 saturated carbocycles. The summed E-state index contributed by atoms with van der Waals surface area (Å²) in [7, 11) is 0. The zero-order chi connectivity index (χ0) is 14.6. The molecule has 0 heteroatoms. The largest absolute Gasteiger partial charge is 0.0626 e. The number of rotatable bonds is 2. The lowest BCUT2D eigenvalue weighted by atomic mass is 9.89. The molecule has 106 valence electrons. The molecule has 0 radical (unpaired) electrons. The molecule has 2 aliphatic rings. The second-order valence-corrected chi connectivity index (χ2v) is 7.14. The fourth-order valence-electron chi connectivity index (χ4n) is 3.65. The van der Waals surface area contributed by atoms with Gasteiger partial charge in [-0.25, -0.2) is 0 Å². The summed E-state index contributed by atoms with van der Waals surface area (Å²) in [5.41, 5.74) is 12.5. The van der Waals surface area contributed by atoms with Gasteiger partial charge >= 0.3 is 0 Å². The Morgan fingerprint density at radius 3 is 1.35 bits per heavy atom. The second-order valence-electron chi connectivity index (χ2n) is 7.14. The Morgan fingerprint density at radius 1 is 0.700 bits per heavy atom. The highest BCUT2D eigenvalue weighted by Crippen LogP contribution is 2.42. The average Bonchev–Trinajstić information content (AvgIpc) is 3.00. The molecular weight excluding hydrogens is 240 g/mol. The van der Waals surface area contributed by atoms with Gasteiger partial charge in [-0.05, 0) is 71.9 Å².